The fraction of sp³-hybridized carbons (Fsp3) is 0.357. The molecule has 2 rings (SSSR count). The third-order valence-electron chi connectivity index (χ3n) is 2.96. The van der Waals surface area contributed by atoms with Crippen LogP contribution in [0.2, 0.25) is 0 Å². The van der Waals surface area contributed by atoms with Crippen molar-refractivity contribution in [2.24, 2.45) is 0 Å². The number of thiazole rings is 1. The van der Waals surface area contributed by atoms with Gasteiger partial charge < -0.3 is 10.4 Å². The number of hydrogen-bond donors (Lipinski definition) is 2. The summed E-state index contributed by atoms with van der Waals surface area (Å²) in [6, 6.07) is 5.85. The van der Waals surface area contributed by atoms with E-state index in [-0.39, 0.29) is 6.04 Å². The minimum Gasteiger partial charge on any atom is -0.506 e. The van der Waals surface area contributed by atoms with Crippen molar-refractivity contribution >= 4 is 27.3 Å². The average molecular weight is 341 g/mol. The Balaban J connectivity index is 2.00. The summed E-state index contributed by atoms with van der Waals surface area (Å²) in [7, 11) is 0. The van der Waals surface area contributed by atoms with Gasteiger partial charge in [0, 0.05) is 23.2 Å². The molecule has 1 aromatic carbocycles. The van der Waals surface area contributed by atoms with Crippen molar-refractivity contribution in [1.82, 2.24) is 10.3 Å². The molecule has 102 valence electrons. The molecular formula is C14H17BrN2OS. The van der Waals surface area contributed by atoms with Gasteiger partial charge in [0.05, 0.1) is 10.5 Å². The van der Waals surface area contributed by atoms with E-state index in [1.807, 2.05) is 24.4 Å². The van der Waals surface area contributed by atoms with Gasteiger partial charge in [-0.2, -0.15) is 0 Å². The zero-order valence-electron chi connectivity index (χ0n) is 11.0. The standard InChI is InChI=1S/C14H17BrN2OS/c1-3-11-8-17-14(19-11)9(2)16-7-10-5-4-6-12(15)13(10)18/h4-6,8-9,16,18H,3,7H2,1-2H3. The SMILES string of the molecule is CCc1cnc(C(C)NCc2cccc(Br)c2O)s1. The Bertz CT molecular complexity index is 556. The molecule has 0 bridgehead atoms. The zero-order chi connectivity index (χ0) is 13.8. The predicted molar refractivity (Wildman–Crippen MR) is 82.6 cm³/mol. The second-order valence-electron chi connectivity index (χ2n) is 4.37. The van der Waals surface area contributed by atoms with Gasteiger partial charge in [-0.15, -0.1) is 11.3 Å². The lowest BCUT2D eigenvalue weighted by atomic mass is 10.2. The molecule has 0 amide bonds. The molecule has 0 fully saturated rings. The van der Waals surface area contributed by atoms with E-state index in [9.17, 15) is 5.11 Å². The van der Waals surface area contributed by atoms with Crippen LogP contribution in [0.3, 0.4) is 0 Å². The summed E-state index contributed by atoms with van der Waals surface area (Å²) in [5.41, 5.74) is 0.883. The highest BCUT2D eigenvalue weighted by Gasteiger charge is 2.11. The number of nitrogens with zero attached hydrogens (tertiary/aromatic N) is 1. The first-order chi connectivity index (χ1) is 9.11. The van der Waals surface area contributed by atoms with E-state index in [1.54, 1.807) is 11.3 Å². The molecule has 0 spiro atoms. The average Bonchev–Trinajstić information content (AvgIpc) is 2.89. The summed E-state index contributed by atoms with van der Waals surface area (Å²) < 4.78 is 0.724. The fourth-order valence-electron chi connectivity index (χ4n) is 1.74. The van der Waals surface area contributed by atoms with Gasteiger partial charge in [0.2, 0.25) is 0 Å². The number of aromatic nitrogens is 1. The summed E-state index contributed by atoms with van der Waals surface area (Å²) in [6.45, 7) is 4.84. The molecule has 1 aromatic heterocycles. The molecule has 1 heterocycles. The smallest absolute Gasteiger partial charge is 0.134 e. The highest BCUT2D eigenvalue weighted by atomic mass is 79.9. The van der Waals surface area contributed by atoms with Crippen LogP contribution in [0.5, 0.6) is 5.75 Å². The monoisotopic (exact) mass is 340 g/mol. The van der Waals surface area contributed by atoms with Crippen LogP contribution in [0, 0.1) is 0 Å². The number of hydrogen-bond acceptors (Lipinski definition) is 4. The Morgan fingerprint density at radius 3 is 2.95 bits per heavy atom. The van der Waals surface area contributed by atoms with Gasteiger partial charge >= 0.3 is 0 Å². The van der Waals surface area contributed by atoms with Gasteiger partial charge in [-0.1, -0.05) is 19.1 Å². The van der Waals surface area contributed by atoms with E-state index < -0.39 is 0 Å². The van der Waals surface area contributed by atoms with Crippen LogP contribution in [0.4, 0.5) is 0 Å². The molecule has 5 heteroatoms. The molecular weight excluding hydrogens is 324 g/mol. The third-order valence-corrected chi connectivity index (χ3v) is 4.92. The number of phenols is 1. The number of aromatic hydroxyl groups is 1. The predicted octanol–water partition coefficient (Wildman–Crippen LogP) is 4.02. The maximum Gasteiger partial charge on any atom is 0.134 e. The van der Waals surface area contributed by atoms with Crippen molar-refractivity contribution in [3.05, 3.63) is 44.3 Å². The lowest BCUT2D eigenvalue weighted by Crippen LogP contribution is -2.17. The fourth-order valence-corrected chi connectivity index (χ4v) is 3.03. The molecule has 19 heavy (non-hydrogen) atoms. The number of para-hydroxylation sites is 1. The summed E-state index contributed by atoms with van der Waals surface area (Å²) >= 11 is 5.06. The number of phenolic OH excluding ortho intramolecular Hbond substituents is 1. The van der Waals surface area contributed by atoms with Crippen LogP contribution in [-0.2, 0) is 13.0 Å². The maximum absolute atomic E-state index is 9.92. The summed E-state index contributed by atoms with van der Waals surface area (Å²) in [4.78, 5) is 5.72. The summed E-state index contributed by atoms with van der Waals surface area (Å²) in [5.74, 6) is 0.301. The highest BCUT2D eigenvalue weighted by Crippen LogP contribution is 2.28. The first-order valence-corrected chi connectivity index (χ1v) is 7.87. The van der Waals surface area contributed by atoms with E-state index in [4.69, 9.17) is 0 Å². The quantitative estimate of drug-likeness (QED) is 0.863. The molecule has 2 N–H and O–H groups in total. The van der Waals surface area contributed by atoms with Crippen molar-refractivity contribution in [3.8, 4) is 5.75 Å². The first kappa shape index (κ1) is 14.5. The summed E-state index contributed by atoms with van der Waals surface area (Å²) in [6.07, 6.45) is 2.96. The van der Waals surface area contributed by atoms with E-state index >= 15 is 0 Å². The molecule has 2 aromatic rings. The maximum atomic E-state index is 9.92. The topological polar surface area (TPSA) is 45.2 Å². The lowest BCUT2D eigenvalue weighted by molar-refractivity contribution is 0.457. The molecule has 0 aliphatic rings. The molecule has 0 aliphatic heterocycles. The Kier molecular flexibility index (Phi) is 4.96. The van der Waals surface area contributed by atoms with Crippen LogP contribution in [-0.4, -0.2) is 10.1 Å². The number of benzene rings is 1. The molecule has 0 saturated carbocycles. The van der Waals surface area contributed by atoms with Crippen LogP contribution >= 0.6 is 27.3 Å². The molecule has 1 unspecified atom stereocenters. The Labute approximate surface area is 125 Å². The van der Waals surface area contributed by atoms with Gasteiger partial charge in [0.1, 0.15) is 10.8 Å². The zero-order valence-corrected chi connectivity index (χ0v) is 13.4. The second kappa shape index (κ2) is 6.50. The largest absolute Gasteiger partial charge is 0.506 e. The Morgan fingerprint density at radius 2 is 2.26 bits per heavy atom. The van der Waals surface area contributed by atoms with Crippen LogP contribution in [0.1, 0.15) is 35.3 Å². The van der Waals surface area contributed by atoms with Crippen molar-refractivity contribution < 1.29 is 5.11 Å². The first-order valence-electron chi connectivity index (χ1n) is 6.26. The minimum absolute atomic E-state index is 0.184. The summed E-state index contributed by atoms with van der Waals surface area (Å²) in [5, 5.41) is 14.4. The number of nitrogens with one attached hydrogen (secondary N) is 1. The van der Waals surface area contributed by atoms with Crippen molar-refractivity contribution in [2.75, 3.05) is 0 Å². The van der Waals surface area contributed by atoms with Crippen LogP contribution in [0.25, 0.3) is 0 Å². The van der Waals surface area contributed by atoms with Crippen molar-refractivity contribution in [1.29, 1.82) is 0 Å². The van der Waals surface area contributed by atoms with Gasteiger partial charge in [-0.25, -0.2) is 4.98 Å². The second-order valence-corrected chi connectivity index (χ2v) is 6.37. The van der Waals surface area contributed by atoms with Crippen LogP contribution < -0.4 is 5.32 Å². The Morgan fingerprint density at radius 1 is 1.47 bits per heavy atom. The van der Waals surface area contributed by atoms with E-state index in [0.717, 1.165) is 21.5 Å². The van der Waals surface area contributed by atoms with E-state index in [2.05, 4.69) is 40.1 Å². The van der Waals surface area contributed by atoms with Gasteiger partial charge in [-0.05, 0) is 35.3 Å². The van der Waals surface area contributed by atoms with E-state index in [0.29, 0.717) is 12.3 Å². The van der Waals surface area contributed by atoms with Crippen molar-refractivity contribution in [3.63, 3.8) is 0 Å². The highest BCUT2D eigenvalue weighted by molar-refractivity contribution is 9.10. The van der Waals surface area contributed by atoms with Gasteiger partial charge in [0.25, 0.3) is 0 Å². The third kappa shape index (κ3) is 3.55. The number of halogens is 1. The number of aryl methyl sites for hydroxylation is 1. The normalized spacial score (nSPS) is 12.6. The molecule has 0 saturated heterocycles. The van der Waals surface area contributed by atoms with E-state index in [1.165, 1.54) is 4.88 Å². The number of rotatable bonds is 5. The minimum atomic E-state index is 0.184. The lowest BCUT2D eigenvalue weighted by Gasteiger charge is -2.12. The molecule has 0 aliphatic carbocycles. The molecule has 0 radical (unpaired) electrons. The van der Waals surface area contributed by atoms with Crippen molar-refractivity contribution in [2.45, 2.75) is 32.9 Å². The van der Waals surface area contributed by atoms with Crippen LogP contribution in [0.15, 0.2) is 28.9 Å². The van der Waals surface area contributed by atoms with Gasteiger partial charge in [-0.3, -0.25) is 0 Å². The molecule has 1 atom stereocenters. The molecule has 3 nitrogen and oxygen atoms in total. The Hall–Kier alpha value is -0.910. The van der Waals surface area contributed by atoms with Gasteiger partial charge in [0.15, 0.2) is 0 Å².